The lowest BCUT2D eigenvalue weighted by Crippen LogP contribution is -2.26. The van der Waals surface area contributed by atoms with Crippen LogP contribution >= 0.6 is 0 Å². The fourth-order valence-corrected chi connectivity index (χ4v) is 1.78. The number of aliphatic hydroxyl groups excluding tert-OH is 1. The quantitative estimate of drug-likeness (QED) is 0.308. The standard InChI is InChI=1S/C12H19N3O2/c1-3-15(6-7-16)10-4-5-11(9(2)8-10)12(13)14-17/h4-5,8,16-17H,3,6-7H2,1-2H3,(H2,13,14). The summed E-state index contributed by atoms with van der Waals surface area (Å²) in [6.07, 6.45) is 0. The molecule has 5 nitrogen and oxygen atoms in total. The Hall–Kier alpha value is -1.75. The van der Waals surface area contributed by atoms with Gasteiger partial charge in [-0.3, -0.25) is 0 Å². The van der Waals surface area contributed by atoms with Crippen LogP contribution in [-0.2, 0) is 0 Å². The number of amidine groups is 1. The summed E-state index contributed by atoms with van der Waals surface area (Å²) < 4.78 is 0. The summed E-state index contributed by atoms with van der Waals surface area (Å²) in [5, 5.41) is 20.6. The lowest BCUT2D eigenvalue weighted by atomic mass is 10.1. The predicted octanol–water partition coefficient (Wildman–Crippen LogP) is 0.908. The van der Waals surface area contributed by atoms with Crippen molar-refractivity contribution >= 4 is 11.5 Å². The zero-order valence-electron chi connectivity index (χ0n) is 10.2. The van der Waals surface area contributed by atoms with Crippen molar-refractivity contribution in [2.75, 3.05) is 24.6 Å². The molecule has 0 radical (unpaired) electrons. The van der Waals surface area contributed by atoms with Crippen LogP contribution in [0.25, 0.3) is 0 Å². The molecule has 0 aliphatic heterocycles. The Kier molecular flexibility index (Phi) is 4.78. The number of likely N-dealkylation sites (N-methyl/N-ethyl adjacent to an activating group) is 1. The monoisotopic (exact) mass is 237 g/mol. The van der Waals surface area contributed by atoms with Crippen molar-refractivity contribution in [3.63, 3.8) is 0 Å². The number of rotatable bonds is 5. The van der Waals surface area contributed by atoms with E-state index < -0.39 is 0 Å². The SMILES string of the molecule is CCN(CCO)c1ccc(/C(N)=N/O)c(C)c1. The number of aryl methyl sites for hydroxylation is 1. The molecule has 5 heteroatoms. The van der Waals surface area contributed by atoms with Gasteiger partial charge >= 0.3 is 0 Å². The van der Waals surface area contributed by atoms with Gasteiger partial charge in [0.15, 0.2) is 5.84 Å². The van der Waals surface area contributed by atoms with Crippen LogP contribution in [0.4, 0.5) is 5.69 Å². The molecule has 0 aliphatic rings. The zero-order chi connectivity index (χ0) is 12.8. The number of benzene rings is 1. The first kappa shape index (κ1) is 13.3. The van der Waals surface area contributed by atoms with E-state index in [0.717, 1.165) is 23.4 Å². The van der Waals surface area contributed by atoms with Gasteiger partial charge in [0.25, 0.3) is 0 Å². The second-order valence-corrected chi connectivity index (χ2v) is 3.79. The van der Waals surface area contributed by atoms with Crippen LogP contribution in [0.2, 0.25) is 0 Å². The number of hydrogen-bond donors (Lipinski definition) is 3. The molecule has 17 heavy (non-hydrogen) atoms. The Morgan fingerprint density at radius 1 is 1.47 bits per heavy atom. The molecular weight excluding hydrogens is 218 g/mol. The van der Waals surface area contributed by atoms with Crippen LogP contribution in [0.15, 0.2) is 23.4 Å². The molecule has 0 aliphatic carbocycles. The molecular formula is C12H19N3O2. The van der Waals surface area contributed by atoms with E-state index >= 15 is 0 Å². The Morgan fingerprint density at radius 2 is 2.18 bits per heavy atom. The van der Waals surface area contributed by atoms with Crippen molar-refractivity contribution in [2.45, 2.75) is 13.8 Å². The van der Waals surface area contributed by atoms with Gasteiger partial charge in [0.2, 0.25) is 0 Å². The fourth-order valence-electron chi connectivity index (χ4n) is 1.78. The summed E-state index contributed by atoms with van der Waals surface area (Å²) in [5.41, 5.74) is 8.24. The number of oxime groups is 1. The van der Waals surface area contributed by atoms with Gasteiger partial charge in [-0.25, -0.2) is 0 Å². The second-order valence-electron chi connectivity index (χ2n) is 3.79. The average molecular weight is 237 g/mol. The molecule has 1 aromatic carbocycles. The van der Waals surface area contributed by atoms with Crippen LogP contribution in [0.5, 0.6) is 0 Å². The van der Waals surface area contributed by atoms with E-state index in [1.54, 1.807) is 0 Å². The Bertz CT molecular complexity index is 405. The highest BCUT2D eigenvalue weighted by molar-refractivity contribution is 5.98. The van der Waals surface area contributed by atoms with Gasteiger partial charge < -0.3 is 20.9 Å². The van der Waals surface area contributed by atoms with Gasteiger partial charge in [-0.2, -0.15) is 0 Å². The van der Waals surface area contributed by atoms with Gasteiger partial charge in [0, 0.05) is 24.3 Å². The van der Waals surface area contributed by atoms with E-state index in [2.05, 4.69) is 10.1 Å². The Balaban J connectivity index is 3.03. The van der Waals surface area contributed by atoms with Gasteiger partial charge in [0.1, 0.15) is 0 Å². The molecule has 0 saturated carbocycles. The number of nitrogens with two attached hydrogens (primary N) is 1. The third kappa shape index (κ3) is 3.10. The minimum atomic E-state index is 0.110. The molecule has 0 bridgehead atoms. The van der Waals surface area contributed by atoms with Crippen molar-refractivity contribution in [3.8, 4) is 0 Å². The highest BCUT2D eigenvalue weighted by Gasteiger charge is 2.08. The molecule has 0 atom stereocenters. The summed E-state index contributed by atoms with van der Waals surface area (Å²) in [7, 11) is 0. The molecule has 94 valence electrons. The summed E-state index contributed by atoms with van der Waals surface area (Å²) in [4.78, 5) is 2.06. The maximum Gasteiger partial charge on any atom is 0.170 e. The molecule has 0 fully saturated rings. The van der Waals surface area contributed by atoms with Crippen LogP contribution in [-0.4, -0.2) is 35.8 Å². The molecule has 0 spiro atoms. The number of nitrogens with zero attached hydrogens (tertiary/aromatic N) is 2. The molecule has 0 heterocycles. The van der Waals surface area contributed by atoms with E-state index in [0.29, 0.717) is 6.54 Å². The first-order valence-corrected chi connectivity index (χ1v) is 5.58. The van der Waals surface area contributed by atoms with Gasteiger partial charge in [-0.15, -0.1) is 0 Å². The van der Waals surface area contributed by atoms with Crippen molar-refractivity contribution in [3.05, 3.63) is 29.3 Å². The zero-order valence-corrected chi connectivity index (χ0v) is 10.2. The summed E-state index contributed by atoms with van der Waals surface area (Å²) >= 11 is 0. The van der Waals surface area contributed by atoms with Crippen LogP contribution in [0.3, 0.4) is 0 Å². The molecule has 0 unspecified atom stereocenters. The first-order chi connectivity index (χ1) is 8.13. The van der Waals surface area contributed by atoms with E-state index in [-0.39, 0.29) is 12.4 Å². The lowest BCUT2D eigenvalue weighted by Gasteiger charge is -2.22. The second kappa shape index (κ2) is 6.10. The highest BCUT2D eigenvalue weighted by Crippen LogP contribution is 2.18. The van der Waals surface area contributed by atoms with Crippen molar-refractivity contribution in [1.29, 1.82) is 0 Å². The summed E-state index contributed by atoms with van der Waals surface area (Å²) in [6, 6.07) is 5.69. The summed E-state index contributed by atoms with van der Waals surface area (Å²) in [6.45, 7) is 5.47. The molecule has 1 aromatic rings. The predicted molar refractivity (Wildman–Crippen MR) is 68.7 cm³/mol. The minimum Gasteiger partial charge on any atom is -0.409 e. The molecule has 0 aromatic heterocycles. The smallest absolute Gasteiger partial charge is 0.170 e. The number of anilines is 1. The van der Waals surface area contributed by atoms with Crippen LogP contribution in [0, 0.1) is 6.92 Å². The largest absolute Gasteiger partial charge is 0.409 e. The maximum atomic E-state index is 8.97. The van der Waals surface area contributed by atoms with Gasteiger partial charge in [-0.05, 0) is 37.6 Å². The van der Waals surface area contributed by atoms with Gasteiger partial charge in [-0.1, -0.05) is 5.16 Å². The minimum absolute atomic E-state index is 0.110. The highest BCUT2D eigenvalue weighted by atomic mass is 16.4. The third-order valence-corrected chi connectivity index (χ3v) is 2.71. The van der Waals surface area contributed by atoms with Crippen molar-refractivity contribution in [1.82, 2.24) is 0 Å². The molecule has 0 saturated heterocycles. The summed E-state index contributed by atoms with van der Waals surface area (Å²) in [5.74, 6) is 0.110. The molecule has 1 rings (SSSR count). The molecule has 4 N–H and O–H groups in total. The maximum absolute atomic E-state index is 8.97. The normalized spacial score (nSPS) is 11.6. The lowest BCUT2D eigenvalue weighted by molar-refractivity contribution is 0.302. The fraction of sp³-hybridized carbons (Fsp3) is 0.417. The Labute approximate surface area is 101 Å². The van der Waals surface area contributed by atoms with Gasteiger partial charge in [0.05, 0.1) is 6.61 Å². The van der Waals surface area contributed by atoms with E-state index in [1.165, 1.54) is 0 Å². The Morgan fingerprint density at radius 3 is 2.65 bits per heavy atom. The topological polar surface area (TPSA) is 82.1 Å². The van der Waals surface area contributed by atoms with E-state index in [1.807, 2.05) is 32.0 Å². The van der Waals surface area contributed by atoms with Crippen molar-refractivity contribution < 1.29 is 10.3 Å². The average Bonchev–Trinajstić information content (AvgIpc) is 2.35. The first-order valence-electron chi connectivity index (χ1n) is 5.58. The van der Waals surface area contributed by atoms with E-state index in [9.17, 15) is 0 Å². The van der Waals surface area contributed by atoms with Crippen molar-refractivity contribution in [2.24, 2.45) is 10.9 Å². The number of hydrogen-bond acceptors (Lipinski definition) is 4. The van der Waals surface area contributed by atoms with E-state index in [4.69, 9.17) is 16.0 Å². The van der Waals surface area contributed by atoms with Crippen LogP contribution < -0.4 is 10.6 Å². The van der Waals surface area contributed by atoms with Crippen LogP contribution in [0.1, 0.15) is 18.1 Å². The molecule has 0 amide bonds. The third-order valence-electron chi connectivity index (χ3n) is 2.71. The number of aliphatic hydroxyl groups is 1.